The van der Waals surface area contributed by atoms with E-state index in [9.17, 15) is 14.9 Å². The molecule has 9 heteroatoms. The van der Waals surface area contributed by atoms with E-state index in [0.717, 1.165) is 36.6 Å². The van der Waals surface area contributed by atoms with Crippen molar-refractivity contribution in [3.8, 4) is 0 Å². The Hall–Kier alpha value is -2.81. The van der Waals surface area contributed by atoms with Crippen molar-refractivity contribution in [2.45, 2.75) is 19.5 Å². The number of hydrogen-bond donors (Lipinski definition) is 1. The van der Waals surface area contributed by atoms with Crippen molar-refractivity contribution in [1.82, 2.24) is 9.88 Å². The van der Waals surface area contributed by atoms with E-state index in [1.807, 2.05) is 18.2 Å². The van der Waals surface area contributed by atoms with Gasteiger partial charge in [-0.25, -0.2) is 4.98 Å². The standard InChI is InChI=1S/C20H17ClN4O3S/c21-16-10-14(25(27)28)6-7-15(16)19(26)23-20-22-17-8-9-24(12-18(17)29-20)11-13-4-2-1-3-5-13/h1-7,10H,8-9,11-12H2,(H,22,23,26). The fourth-order valence-electron chi connectivity index (χ4n) is 3.24. The molecule has 0 bridgehead atoms. The highest BCUT2D eigenvalue weighted by Crippen LogP contribution is 2.30. The number of hydrogen-bond acceptors (Lipinski definition) is 6. The SMILES string of the molecule is O=C(Nc1nc2c(s1)CN(Cc1ccccc1)CC2)c1ccc([N+](=O)[O-])cc1Cl. The van der Waals surface area contributed by atoms with E-state index in [4.69, 9.17) is 11.6 Å². The number of thiazole rings is 1. The van der Waals surface area contributed by atoms with Crippen LogP contribution in [0.1, 0.15) is 26.5 Å². The first-order chi connectivity index (χ1) is 14.0. The van der Waals surface area contributed by atoms with Gasteiger partial charge in [-0.1, -0.05) is 41.9 Å². The summed E-state index contributed by atoms with van der Waals surface area (Å²) in [4.78, 5) is 30.8. The molecule has 29 heavy (non-hydrogen) atoms. The Morgan fingerprint density at radius 1 is 1.28 bits per heavy atom. The molecule has 7 nitrogen and oxygen atoms in total. The van der Waals surface area contributed by atoms with Gasteiger partial charge in [-0.2, -0.15) is 0 Å². The lowest BCUT2D eigenvalue weighted by Gasteiger charge is -2.25. The Labute approximate surface area is 176 Å². The number of nitro benzene ring substituents is 1. The summed E-state index contributed by atoms with van der Waals surface area (Å²) in [7, 11) is 0. The first-order valence-electron chi connectivity index (χ1n) is 9.00. The first kappa shape index (κ1) is 19.5. The molecule has 0 fully saturated rings. The van der Waals surface area contributed by atoms with E-state index in [-0.39, 0.29) is 16.3 Å². The first-order valence-corrected chi connectivity index (χ1v) is 10.2. The Balaban J connectivity index is 1.44. The maximum Gasteiger partial charge on any atom is 0.270 e. The van der Waals surface area contributed by atoms with Gasteiger partial charge in [0.1, 0.15) is 0 Å². The van der Waals surface area contributed by atoms with E-state index in [0.29, 0.717) is 5.13 Å². The van der Waals surface area contributed by atoms with Crippen molar-refractivity contribution in [1.29, 1.82) is 0 Å². The molecule has 1 aliphatic rings. The number of nitro groups is 1. The van der Waals surface area contributed by atoms with Crippen molar-refractivity contribution in [2.24, 2.45) is 0 Å². The van der Waals surface area contributed by atoms with Crippen LogP contribution in [0.15, 0.2) is 48.5 Å². The van der Waals surface area contributed by atoms with Crippen LogP contribution in [0, 0.1) is 10.1 Å². The minimum atomic E-state index is -0.552. The summed E-state index contributed by atoms with van der Waals surface area (Å²) >= 11 is 7.49. The molecule has 2 aromatic carbocycles. The second-order valence-electron chi connectivity index (χ2n) is 6.71. The molecule has 0 aliphatic carbocycles. The van der Waals surface area contributed by atoms with Crippen LogP contribution >= 0.6 is 22.9 Å². The Bertz CT molecular complexity index is 1070. The number of carbonyl (C=O) groups excluding carboxylic acids is 1. The molecule has 1 amide bonds. The van der Waals surface area contributed by atoms with Crippen LogP contribution in [-0.4, -0.2) is 27.3 Å². The van der Waals surface area contributed by atoms with Crippen molar-refractivity contribution >= 4 is 39.7 Å². The number of rotatable bonds is 5. The summed E-state index contributed by atoms with van der Waals surface area (Å²) in [5.74, 6) is -0.433. The van der Waals surface area contributed by atoms with Crippen LogP contribution < -0.4 is 5.32 Å². The number of non-ortho nitro benzene ring substituents is 1. The fourth-order valence-corrected chi connectivity index (χ4v) is 4.55. The van der Waals surface area contributed by atoms with Crippen LogP contribution in [0.5, 0.6) is 0 Å². The molecule has 4 rings (SSSR count). The lowest BCUT2D eigenvalue weighted by atomic mass is 10.1. The number of carbonyl (C=O) groups is 1. The third-order valence-electron chi connectivity index (χ3n) is 4.69. The Kier molecular flexibility index (Phi) is 5.57. The van der Waals surface area contributed by atoms with Gasteiger partial charge in [0.2, 0.25) is 0 Å². The predicted octanol–water partition coefficient (Wildman–Crippen LogP) is 4.52. The molecule has 1 N–H and O–H groups in total. The lowest BCUT2D eigenvalue weighted by molar-refractivity contribution is -0.384. The van der Waals surface area contributed by atoms with Crippen molar-refractivity contribution in [3.05, 3.63) is 85.4 Å². The zero-order valence-electron chi connectivity index (χ0n) is 15.3. The highest BCUT2D eigenvalue weighted by molar-refractivity contribution is 7.15. The van der Waals surface area contributed by atoms with Crippen molar-refractivity contribution in [3.63, 3.8) is 0 Å². The Morgan fingerprint density at radius 2 is 2.07 bits per heavy atom. The zero-order valence-corrected chi connectivity index (χ0v) is 16.9. The van der Waals surface area contributed by atoms with Crippen LogP contribution in [0.3, 0.4) is 0 Å². The average molecular weight is 429 g/mol. The van der Waals surface area contributed by atoms with Crippen LogP contribution in [0.2, 0.25) is 5.02 Å². The highest BCUT2D eigenvalue weighted by atomic mass is 35.5. The maximum absolute atomic E-state index is 12.5. The number of nitrogens with zero attached hydrogens (tertiary/aromatic N) is 3. The van der Waals surface area contributed by atoms with Gasteiger partial charge >= 0.3 is 0 Å². The van der Waals surface area contributed by atoms with Gasteiger partial charge in [-0.15, -0.1) is 11.3 Å². The summed E-state index contributed by atoms with van der Waals surface area (Å²) in [6.07, 6.45) is 0.826. The molecule has 0 saturated heterocycles. The number of benzene rings is 2. The van der Waals surface area contributed by atoms with Gasteiger partial charge in [0.05, 0.1) is 21.2 Å². The van der Waals surface area contributed by atoms with Crippen LogP contribution in [0.25, 0.3) is 0 Å². The van der Waals surface area contributed by atoms with Crippen LogP contribution in [0.4, 0.5) is 10.8 Å². The third kappa shape index (κ3) is 4.45. The number of nitrogens with one attached hydrogen (secondary N) is 1. The molecule has 0 spiro atoms. The summed E-state index contributed by atoms with van der Waals surface area (Å²) in [6.45, 7) is 2.57. The van der Waals surface area contributed by atoms with Crippen LogP contribution in [-0.2, 0) is 19.5 Å². The van der Waals surface area contributed by atoms with Crippen molar-refractivity contribution in [2.75, 3.05) is 11.9 Å². The minimum Gasteiger partial charge on any atom is -0.298 e. The smallest absolute Gasteiger partial charge is 0.270 e. The van der Waals surface area contributed by atoms with Gasteiger partial charge in [0, 0.05) is 43.1 Å². The van der Waals surface area contributed by atoms with Gasteiger partial charge in [0.15, 0.2) is 5.13 Å². The van der Waals surface area contributed by atoms with E-state index in [1.165, 1.54) is 35.1 Å². The molecular weight excluding hydrogens is 412 g/mol. The number of halogens is 1. The summed E-state index contributed by atoms with van der Waals surface area (Å²) < 4.78 is 0. The van der Waals surface area contributed by atoms with Gasteiger partial charge < -0.3 is 0 Å². The number of fused-ring (bicyclic) bond motifs is 1. The normalized spacial score (nSPS) is 13.7. The summed E-state index contributed by atoms with van der Waals surface area (Å²) in [5.41, 5.74) is 2.29. The van der Waals surface area contributed by atoms with E-state index in [1.54, 1.807) is 0 Å². The minimum absolute atomic E-state index is 0.0343. The molecule has 0 radical (unpaired) electrons. The van der Waals surface area contributed by atoms with Gasteiger partial charge in [0.25, 0.3) is 11.6 Å². The average Bonchev–Trinajstić information content (AvgIpc) is 3.10. The number of anilines is 1. The van der Waals surface area contributed by atoms with Gasteiger partial charge in [-0.05, 0) is 11.6 Å². The molecular formula is C20H17ClN4O3S. The van der Waals surface area contributed by atoms with Gasteiger partial charge in [-0.3, -0.25) is 25.1 Å². The third-order valence-corrected chi connectivity index (χ3v) is 6.00. The molecule has 0 atom stereocenters. The highest BCUT2D eigenvalue weighted by Gasteiger charge is 2.22. The number of amides is 1. The molecule has 1 aromatic heterocycles. The second kappa shape index (κ2) is 8.28. The second-order valence-corrected chi connectivity index (χ2v) is 8.20. The van der Waals surface area contributed by atoms with E-state index < -0.39 is 10.8 Å². The molecule has 0 unspecified atom stereocenters. The predicted molar refractivity (Wildman–Crippen MR) is 112 cm³/mol. The molecule has 1 aliphatic heterocycles. The monoisotopic (exact) mass is 428 g/mol. The molecule has 0 saturated carbocycles. The largest absolute Gasteiger partial charge is 0.298 e. The zero-order chi connectivity index (χ0) is 20.4. The molecule has 148 valence electrons. The lowest BCUT2D eigenvalue weighted by Crippen LogP contribution is -2.29. The molecule has 3 aromatic rings. The summed E-state index contributed by atoms with van der Waals surface area (Å²) in [5, 5.41) is 14.1. The van der Waals surface area contributed by atoms with E-state index >= 15 is 0 Å². The topological polar surface area (TPSA) is 88.4 Å². The van der Waals surface area contributed by atoms with Crippen molar-refractivity contribution < 1.29 is 9.72 Å². The Morgan fingerprint density at radius 3 is 2.79 bits per heavy atom. The molecule has 2 heterocycles. The maximum atomic E-state index is 12.5. The summed E-state index contributed by atoms with van der Waals surface area (Å²) in [6, 6.07) is 14.1. The van der Waals surface area contributed by atoms with E-state index in [2.05, 4.69) is 27.3 Å². The fraction of sp³-hybridized carbons (Fsp3) is 0.200. The quantitative estimate of drug-likeness (QED) is 0.477. The number of aromatic nitrogens is 1.